The van der Waals surface area contributed by atoms with Gasteiger partial charge in [-0.2, -0.15) is 5.10 Å². The third kappa shape index (κ3) is 3.68. The number of aromatic nitrogens is 3. The van der Waals surface area contributed by atoms with Crippen LogP contribution in [0.1, 0.15) is 50.5 Å². The molecule has 1 unspecified atom stereocenters. The Balaban J connectivity index is 1.49. The number of nitrogens with zero attached hydrogens (tertiary/aromatic N) is 4. The summed E-state index contributed by atoms with van der Waals surface area (Å²) in [6.07, 6.45) is 1.66. The molecule has 1 amide bonds. The van der Waals surface area contributed by atoms with E-state index in [1.54, 1.807) is 22.8 Å². The Morgan fingerprint density at radius 1 is 1.09 bits per heavy atom. The molecule has 7 nitrogen and oxygen atoms in total. The molecule has 2 aromatic carbocycles. The fraction of sp³-hybridized carbons (Fsp3) is 0.200. The minimum atomic E-state index is -0.810. The normalized spacial score (nSPS) is 15.3. The highest BCUT2D eigenvalue weighted by Gasteiger charge is 2.34. The maximum Gasteiger partial charge on any atom is 0.276 e. The van der Waals surface area contributed by atoms with Gasteiger partial charge in [-0.25, -0.2) is 8.78 Å². The fourth-order valence-electron chi connectivity index (χ4n) is 4.52. The van der Waals surface area contributed by atoms with E-state index in [1.165, 1.54) is 19.1 Å². The number of rotatable bonds is 4. The number of aryl methyl sites for hydroxylation is 1. The average molecular weight is 462 g/mol. The van der Waals surface area contributed by atoms with Crippen molar-refractivity contribution < 1.29 is 22.9 Å². The second-order valence-electron chi connectivity index (χ2n) is 8.27. The topological polar surface area (TPSA) is 81.2 Å². The molecule has 1 atom stereocenters. The number of carbonyl (C=O) groups excluding carboxylic acids is 2. The molecule has 0 spiro atoms. The first-order chi connectivity index (χ1) is 16.3. The maximum atomic E-state index is 14.2. The Labute approximate surface area is 193 Å². The van der Waals surface area contributed by atoms with Crippen LogP contribution in [0, 0.1) is 11.6 Å². The molecule has 0 fully saturated rings. The summed E-state index contributed by atoms with van der Waals surface area (Å²) in [4.78, 5) is 27.3. The van der Waals surface area contributed by atoms with Gasteiger partial charge in [0, 0.05) is 50.7 Å². The number of benzene rings is 2. The van der Waals surface area contributed by atoms with E-state index in [0.29, 0.717) is 18.8 Å². The highest BCUT2D eigenvalue weighted by atomic mass is 19.1. The number of ketones is 1. The van der Waals surface area contributed by atoms with Crippen molar-refractivity contribution in [2.45, 2.75) is 19.4 Å². The minimum Gasteiger partial charge on any atom is -0.355 e. The second-order valence-corrected chi connectivity index (χ2v) is 8.27. The van der Waals surface area contributed by atoms with E-state index in [0.717, 1.165) is 28.8 Å². The zero-order valence-corrected chi connectivity index (χ0v) is 18.5. The minimum absolute atomic E-state index is 0.00911. The van der Waals surface area contributed by atoms with Gasteiger partial charge in [0.15, 0.2) is 17.2 Å². The first-order valence-corrected chi connectivity index (χ1v) is 10.7. The van der Waals surface area contributed by atoms with E-state index in [1.807, 2.05) is 24.3 Å². The van der Waals surface area contributed by atoms with Crippen LogP contribution >= 0.6 is 0 Å². The van der Waals surface area contributed by atoms with Crippen LogP contribution in [0.3, 0.4) is 0 Å². The predicted octanol–water partition coefficient (Wildman–Crippen LogP) is 4.34. The fourth-order valence-corrected chi connectivity index (χ4v) is 4.52. The van der Waals surface area contributed by atoms with Gasteiger partial charge in [-0.3, -0.25) is 14.3 Å². The van der Waals surface area contributed by atoms with Crippen molar-refractivity contribution in [3.8, 4) is 11.3 Å². The molecule has 0 saturated carbocycles. The SMILES string of the molecule is CC(=O)c1c(C2CN(C(=O)c3cc(-c4ccc(F)cc4F)on3)Cc3ccccc32)cnn1C. The van der Waals surface area contributed by atoms with Gasteiger partial charge in [-0.15, -0.1) is 0 Å². The zero-order chi connectivity index (χ0) is 24.0. The lowest BCUT2D eigenvalue weighted by atomic mass is 9.84. The second kappa shape index (κ2) is 8.33. The molecule has 2 aromatic heterocycles. The van der Waals surface area contributed by atoms with E-state index in [-0.39, 0.29) is 28.7 Å². The van der Waals surface area contributed by atoms with Gasteiger partial charge in [0.2, 0.25) is 0 Å². The highest BCUT2D eigenvalue weighted by Crippen LogP contribution is 2.36. The van der Waals surface area contributed by atoms with Crippen LogP contribution < -0.4 is 0 Å². The van der Waals surface area contributed by atoms with Gasteiger partial charge >= 0.3 is 0 Å². The van der Waals surface area contributed by atoms with Gasteiger partial charge < -0.3 is 9.42 Å². The van der Waals surface area contributed by atoms with Crippen LogP contribution in [-0.4, -0.2) is 38.1 Å². The molecule has 1 aliphatic heterocycles. The lowest BCUT2D eigenvalue weighted by Crippen LogP contribution is -2.39. The van der Waals surface area contributed by atoms with Crippen molar-refractivity contribution in [3.63, 3.8) is 0 Å². The first-order valence-electron chi connectivity index (χ1n) is 10.7. The van der Waals surface area contributed by atoms with E-state index < -0.39 is 17.5 Å². The monoisotopic (exact) mass is 462 g/mol. The molecule has 0 radical (unpaired) electrons. The summed E-state index contributed by atoms with van der Waals surface area (Å²) in [5.74, 6) is -2.27. The molecule has 3 heterocycles. The molecule has 1 aliphatic rings. The molecule has 34 heavy (non-hydrogen) atoms. The van der Waals surface area contributed by atoms with Crippen LogP contribution in [-0.2, 0) is 13.6 Å². The summed E-state index contributed by atoms with van der Waals surface area (Å²) in [5, 5.41) is 8.11. The molecular weight excluding hydrogens is 442 g/mol. The van der Waals surface area contributed by atoms with Gasteiger partial charge in [0.1, 0.15) is 17.3 Å². The molecule has 4 aromatic rings. The molecular formula is C25H20F2N4O3. The van der Waals surface area contributed by atoms with Crippen LogP contribution in [0.15, 0.2) is 59.3 Å². The summed E-state index contributed by atoms with van der Waals surface area (Å²) in [5.41, 5.74) is 3.22. The number of Topliss-reactive ketones (excluding diaryl/α,β-unsaturated/α-hetero) is 1. The van der Waals surface area contributed by atoms with Crippen molar-refractivity contribution in [2.75, 3.05) is 6.54 Å². The van der Waals surface area contributed by atoms with Gasteiger partial charge in [-0.1, -0.05) is 29.4 Å². The summed E-state index contributed by atoms with van der Waals surface area (Å²) in [6.45, 7) is 2.13. The highest BCUT2D eigenvalue weighted by molar-refractivity contribution is 5.95. The number of hydrogen-bond acceptors (Lipinski definition) is 5. The van der Waals surface area contributed by atoms with Crippen LogP contribution in [0.25, 0.3) is 11.3 Å². The predicted molar refractivity (Wildman–Crippen MR) is 118 cm³/mol. The van der Waals surface area contributed by atoms with Crippen LogP contribution in [0.5, 0.6) is 0 Å². The third-order valence-electron chi connectivity index (χ3n) is 6.08. The van der Waals surface area contributed by atoms with Crippen molar-refractivity contribution in [1.29, 1.82) is 0 Å². The van der Waals surface area contributed by atoms with E-state index >= 15 is 0 Å². The van der Waals surface area contributed by atoms with Crippen molar-refractivity contribution in [3.05, 3.63) is 94.4 Å². The van der Waals surface area contributed by atoms with Gasteiger partial charge in [0.25, 0.3) is 5.91 Å². The number of hydrogen-bond donors (Lipinski definition) is 0. The lowest BCUT2D eigenvalue weighted by molar-refractivity contribution is 0.0714. The largest absolute Gasteiger partial charge is 0.355 e. The Morgan fingerprint density at radius 3 is 2.65 bits per heavy atom. The number of amides is 1. The summed E-state index contributed by atoms with van der Waals surface area (Å²) >= 11 is 0. The van der Waals surface area contributed by atoms with Crippen molar-refractivity contribution in [2.24, 2.45) is 7.05 Å². The van der Waals surface area contributed by atoms with E-state index in [2.05, 4.69) is 10.3 Å². The Morgan fingerprint density at radius 2 is 1.88 bits per heavy atom. The molecule has 0 N–H and O–H groups in total. The van der Waals surface area contributed by atoms with E-state index in [9.17, 15) is 18.4 Å². The zero-order valence-electron chi connectivity index (χ0n) is 18.5. The van der Waals surface area contributed by atoms with Crippen molar-refractivity contribution >= 4 is 11.7 Å². The summed E-state index contributed by atoms with van der Waals surface area (Å²) < 4.78 is 34.1. The summed E-state index contributed by atoms with van der Waals surface area (Å²) in [6, 6.07) is 12.2. The van der Waals surface area contributed by atoms with Crippen LogP contribution in [0.2, 0.25) is 0 Å². The standard InChI is InChI=1S/C25H20F2N4O3/c1-14(32)24-19(11-28-30(24)2)20-13-31(12-15-5-3-4-6-17(15)20)25(33)22-10-23(34-29-22)18-8-7-16(26)9-21(18)27/h3-11,20H,12-13H2,1-2H3. The van der Waals surface area contributed by atoms with Gasteiger partial charge in [0.05, 0.1) is 11.8 Å². The number of halogens is 2. The number of fused-ring (bicyclic) bond motifs is 1. The first kappa shape index (κ1) is 21.7. The maximum absolute atomic E-state index is 14.2. The van der Waals surface area contributed by atoms with Crippen LogP contribution in [0.4, 0.5) is 8.78 Å². The molecule has 172 valence electrons. The molecule has 0 aliphatic carbocycles. The smallest absolute Gasteiger partial charge is 0.276 e. The lowest BCUT2D eigenvalue weighted by Gasteiger charge is -2.34. The van der Waals surface area contributed by atoms with E-state index in [4.69, 9.17) is 4.52 Å². The van der Waals surface area contributed by atoms with Gasteiger partial charge in [-0.05, 0) is 23.3 Å². The average Bonchev–Trinajstić information content (AvgIpc) is 3.45. The molecule has 0 saturated heterocycles. The molecule has 5 rings (SSSR count). The third-order valence-corrected chi connectivity index (χ3v) is 6.08. The van der Waals surface area contributed by atoms with Crippen molar-refractivity contribution in [1.82, 2.24) is 19.8 Å². The summed E-state index contributed by atoms with van der Waals surface area (Å²) in [7, 11) is 1.71. The Bertz CT molecular complexity index is 1430. The Hall–Kier alpha value is -4.14. The Kier molecular flexibility index (Phi) is 5.31. The quantitative estimate of drug-likeness (QED) is 0.422. The molecule has 9 heteroatoms. The number of carbonyl (C=O) groups is 2. The molecule has 0 bridgehead atoms.